The number of benzene rings is 1. The lowest BCUT2D eigenvalue weighted by Crippen LogP contribution is -2.25. The van der Waals surface area contributed by atoms with Gasteiger partial charge in [-0.2, -0.15) is 5.26 Å². The van der Waals surface area contributed by atoms with E-state index in [0.29, 0.717) is 0 Å². The molecule has 0 aliphatic rings. The van der Waals surface area contributed by atoms with Crippen LogP contribution in [-0.4, -0.2) is 24.7 Å². The Kier molecular flexibility index (Phi) is 3.88. The number of rotatable bonds is 4. The summed E-state index contributed by atoms with van der Waals surface area (Å²) in [5.41, 5.74) is -0.810. The zero-order chi connectivity index (χ0) is 13.9. The van der Waals surface area contributed by atoms with Crippen LogP contribution in [-0.2, 0) is 10.0 Å². The van der Waals surface area contributed by atoms with E-state index in [1.807, 2.05) is 4.72 Å². The Morgan fingerprint density at radius 2 is 2.17 bits per heavy atom. The molecule has 6 nitrogen and oxygen atoms in total. The minimum absolute atomic E-state index is 0.398. The highest BCUT2D eigenvalue weighted by Gasteiger charge is 2.23. The van der Waals surface area contributed by atoms with E-state index in [0.717, 1.165) is 25.1 Å². The Labute approximate surface area is 103 Å². The number of hydrogen-bond donors (Lipinski definition) is 2. The van der Waals surface area contributed by atoms with E-state index in [9.17, 15) is 17.6 Å². The van der Waals surface area contributed by atoms with Crippen LogP contribution in [0.15, 0.2) is 18.2 Å². The predicted octanol–water partition coefficient (Wildman–Crippen LogP) is 1.18. The average molecular weight is 272 g/mol. The first-order valence-corrected chi connectivity index (χ1v) is 6.26. The number of nitrogens with zero attached hydrogens (tertiary/aromatic N) is 1. The number of sulfonamides is 1. The van der Waals surface area contributed by atoms with Crippen LogP contribution in [0.5, 0.6) is 0 Å². The largest absolute Gasteiger partial charge is 0.478 e. The summed E-state index contributed by atoms with van der Waals surface area (Å²) < 4.78 is 38.0. The molecule has 1 aromatic carbocycles. The van der Waals surface area contributed by atoms with E-state index in [-0.39, 0.29) is 0 Å². The summed E-state index contributed by atoms with van der Waals surface area (Å²) in [6.45, 7) is 1.13. The average Bonchev–Trinajstić information content (AvgIpc) is 2.26. The molecule has 1 unspecified atom stereocenters. The fourth-order valence-electron chi connectivity index (χ4n) is 1.10. The lowest BCUT2D eigenvalue weighted by Gasteiger charge is -2.11. The smallest absolute Gasteiger partial charge is 0.337 e. The van der Waals surface area contributed by atoms with Crippen molar-refractivity contribution in [2.24, 2.45) is 0 Å². The minimum atomic E-state index is -4.08. The summed E-state index contributed by atoms with van der Waals surface area (Å²) in [6, 6.07) is 4.07. The van der Waals surface area contributed by atoms with Gasteiger partial charge in [0.25, 0.3) is 0 Å². The first-order valence-electron chi connectivity index (χ1n) is 4.72. The van der Waals surface area contributed by atoms with Crippen LogP contribution < -0.4 is 4.72 Å². The van der Waals surface area contributed by atoms with Crippen molar-refractivity contribution in [2.75, 3.05) is 4.72 Å². The van der Waals surface area contributed by atoms with Gasteiger partial charge in [-0.25, -0.2) is 17.6 Å². The van der Waals surface area contributed by atoms with Crippen LogP contribution in [0.3, 0.4) is 0 Å². The van der Waals surface area contributed by atoms with Gasteiger partial charge in [-0.05, 0) is 25.1 Å². The molecule has 0 aromatic heterocycles. The highest BCUT2D eigenvalue weighted by atomic mass is 32.2. The first kappa shape index (κ1) is 13.9. The van der Waals surface area contributed by atoms with Crippen molar-refractivity contribution in [3.63, 3.8) is 0 Å². The number of nitrogens with one attached hydrogen (secondary N) is 1. The molecule has 1 atom stereocenters. The Balaban J connectivity index is 3.23. The maximum absolute atomic E-state index is 13.0. The number of nitriles is 1. The summed E-state index contributed by atoms with van der Waals surface area (Å²) in [5.74, 6) is -2.19. The third-order valence-corrected chi connectivity index (χ3v) is 3.65. The van der Waals surface area contributed by atoms with Gasteiger partial charge < -0.3 is 5.11 Å². The van der Waals surface area contributed by atoms with Crippen molar-refractivity contribution in [1.82, 2.24) is 0 Å². The van der Waals surface area contributed by atoms with Crippen LogP contribution in [0.4, 0.5) is 10.1 Å². The number of hydrogen-bond acceptors (Lipinski definition) is 4. The molecule has 1 rings (SSSR count). The fourth-order valence-corrected chi connectivity index (χ4v) is 1.89. The normalized spacial score (nSPS) is 12.5. The topological polar surface area (TPSA) is 107 Å². The number of anilines is 1. The summed E-state index contributed by atoms with van der Waals surface area (Å²) >= 11 is 0. The Morgan fingerprint density at radius 1 is 1.56 bits per heavy atom. The van der Waals surface area contributed by atoms with Crippen molar-refractivity contribution >= 4 is 21.7 Å². The van der Waals surface area contributed by atoms with Crippen molar-refractivity contribution in [3.05, 3.63) is 29.6 Å². The van der Waals surface area contributed by atoms with E-state index in [2.05, 4.69) is 0 Å². The molecule has 8 heteroatoms. The summed E-state index contributed by atoms with van der Waals surface area (Å²) in [5, 5.41) is 16.0. The zero-order valence-electron chi connectivity index (χ0n) is 9.21. The maximum Gasteiger partial charge on any atom is 0.337 e. The van der Waals surface area contributed by atoms with Crippen molar-refractivity contribution in [3.8, 4) is 6.07 Å². The maximum atomic E-state index is 13.0. The van der Waals surface area contributed by atoms with Gasteiger partial charge in [0.2, 0.25) is 10.0 Å². The number of halogens is 1. The summed E-state index contributed by atoms with van der Waals surface area (Å²) in [4.78, 5) is 10.8. The SMILES string of the molecule is CC(C#N)S(=O)(=O)Nc1cc(F)ccc1C(=O)O. The molecule has 1 aromatic rings. The quantitative estimate of drug-likeness (QED) is 0.855. The van der Waals surface area contributed by atoms with Gasteiger partial charge in [-0.3, -0.25) is 4.72 Å². The van der Waals surface area contributed by atoms with Crippen LogP contribution in [0.25, 0.3) is 0 Å². The molecule has 96 valence electrons. The molecule has 0 bridgehead atoms. The Morgan fingerprint density at radius 3 is 2.67 bits per heavy atom. The van der Waals surface area contributed by atoms with E-state index < -0.39 is 38.3 Å². The second kappa shape index (κ2) is 5.01. The highest BCUT2D eigenvalue weighted by Crippen LogP contribution is 2.19. The van der Waals surface area contributed by atoms with E-state index in [1.165, 1.54) is 6.07 Å². The van der Waals surface area contributed by atoms with E-state index in [1.54, 1.807) is 0 Å². The zero-order valence-corrected chi connectivity index (χ0v) is 10.0. The number of carboxylic acid groups (broad SMARTS) is 1. The molecule has 0 heterocycles. The number of aromatic carboxylic acids is 1. The molecule has 0 aliphatic heterocycles. The van der Waals surface area contributed by atoms with Gasteiger partial charge in [0, 0.05) is 0 Å². The molecule has 0 spiro atoms. The van der Waals surface area contributed by atoms with Gasteiger partial charge in [0.05, 0.1) is 17.3 Å². The molecule has 0 amide bonds. The number of carbonyl (C=O) groups is 1. The van der Waals surface area contributed by atoms with Gasteiger partial charge in [0.15, 0.2) is 5.25 Å². The van der Waals surface area contributed by atoms with Crippen LogP contribution in [0.2, 0.25) is 0 Å². The Bertz CT molecular complexity index is 621. The van der Waals surface area contributed by atoms with Gasteiger partial charge >= 0.3 is 5.97 Å². The monoisotopic (exact) mass is 272 g/mol. The molecule has 0 saturated heterocycles. The van der Waals surface area contributed by atoms with Gasteiger partial charge in [-0.1, -0.05) is 0 Å². The molecule has 18 heavy (non-hydrogen) atoms. The third-order valence-electron chi connectivity index (χ3n) is 2.11. The minimum Gasteiger partial charge on any atom is -0.478 e. The van der Waals surface area contributed by atoms with E-state index >= 15 is 0 Å². The second-order valence-corrected chi connectivity index (χ2v) is 5.41. The molecule has 0 saturated carbocycles. The number of carboxylic acids is 1. The molecule has 0 radical (unpaired) electrons. The van der Waals surface area contributed by atoms with Crippen molar-refractivity contribution in [1.29, 1.82) is 5.26 Å². The van der Waals surface area contributed by atoms with E-state index in [4.69, 9.17) is 10.4 Å². The third kappa shape index (κ3) is 2.95. The standard InChI is InChI=1S/C10H9FN2O4S/c1-6(5-12)18(16,17)13-9-4-7(11)2-3-8(9)10(14)15/h2-4,6,13H,1H3,(H,14,15). The molecule has 0 fully saturated rings. The molecular formula is C10H9FN2O4S. The highest BCUT2D eigenvalue weighted by molar-refractivity contribution is 7.93. The van der Waals surface area contributed by atoms with Gasteiger partial charge in [0.1, 0.15) is 5.82 Å². The van der Waals surface area contributed by atoms with Crippen LogP contribution in [0, 0.1) is 17.1 Å². The molecular weight excluding hydrogens is 263 g/mol. The molecule has 0 aliphatic carbocycles. The van der Waals surface area contributed by atoms with Crippen molar-refractivity contribution in [2.45, 2.75) is 12.2 Å². The Hall–Kier alpha value is -2.14. The fraction of sp³-hybridized carbons (Fsp3) is 0.200. The van der Waals surface area contributed by atoms with Gasteiger partial charge in [-0.15, -0.1) is 0 Å². The van der Waals surface area contributed by atoms with Crippen LogP contribution >= 0.6 is 0 Å². The lowest BCUT2D eigenvalue weighted by molar-refractivity contribution is 0.0698. The molecule has 2 N–H and O–H groups in total. The first-order chi connectivity index (χ1) is 8.27. The predicted molar refractivity (Wildman–Crippen MR) is 61.0 cm³/mol. The second-order valence-electron chi connectivity index (χ2n) is 3.41. The van der Waals surface area contributed by atoms with Crippen molar-refractivity contribution < 1.29 is 22.7 Å². The van der Waals surface area contributed by atoms with Crippen LogP contribution in [0.1, 0.15) is 17.3 Å². The summed E-state index contributed by atoms with van der Waals surface area (Å²) in [6.07, 6.45) is 0. The summed E-state index contributed by atoms with van der Waals surface area (Å²) in [7, 11) is -4.08. The lowest BCUT2D eigenvalue weighted by atomic mass is 10.2.